The number of hydroxylamine groups is 1. The largest absolute Gasteiger partial charge is 0.497 e. The molecule has 0 aromatic heterocycles. The first-order valence-corrected chi connectivity index (χ1v) is 9.45. The van der Waals surface area contributed by atoms with Crippen LogP contribution in [0.1, 0.15) is 33.6 Å². The average Bonchev–Trinajstić information content (AvgIpc) is 2.58. The number of nitrogens with zero attached hydrogens (tertiary/aromatic N) is 2. The van der Waals surface area contributed by atoms with Crippen LogP contribution in [0.3, 0.4) is 0 Å². The van der Waals surface area contributed by atoms with Crippen LogP contribution in [-0.2, 0) is 14.8 Å². The van der Waals surface area contributed by atoms with Crippen molar-refractivity contribution in [3.05, 3.63) is 24.3 Å². The lowest BCUT2D eigenvalue weighted by molar-refractivity contribution is -0.213. The molecule has 0 aliphatic heterocycles. The van der Waals surface area contributed by atoms with Crippen molar-refractivity contribution in [3.63, 3.8) is 0 Å². The van der Waals surface area contributed by atoms with Crippen LogP contribution >= 0.6 is 0 Å². The highest BCUT2D eigenvalue weighted by Crippen LogP contribution is 2.21. The molecule has 1 amide bonds. The minimum Gasteiger partial charge on any atom is -0.497 e. The number of rotatable bonds is 9. The Balaban J connectivity index is 3.08. The van der Waals surface area contributed by atoms with Gasteiger partial charge >= 0.3 is 0 Å². The fraction of sp³-hybridized carbons (Fsp3) is 0.562. The lowest BCUT2D eigenvalue weighted by Gasteiger charge is -2.29. The van der Waals surface area contributed by atoms with Crippen LogP contribution in [0.5, 0.6) is 5.75 Å². The first-order valence-electron chi connectivity index (χ1n) is 8.01. The Morgan fingerprint density at radius 2 is 1.80 bits per heavy atom. The molecule has 1 atom stereocenters. The van der Waals surface area contributed by atoms with Gasteiger partial charge in [0.25, 0.3) is 15.9 Å². The van der Waals surface area contributed by atoms with E-state index in [2.05, 4.69) is 0 Å². The molecule has 1 aromatic carbocycles. The summed E-state index contributed by atoms with van der Waals surface area (Å²) >= 11 is 0. The number of hydrogen-bond donors (Lipinski definition) is 2. The van der Waals surface area contributed by atoms with Gasteiger partial charge in [-0.3, -0.25) is 10.0 Å². The Bertz CT molecular complexity index is 660. The van der Waals surface area contributed by atoms with Gasteiger partial charge in [-0.05, 0) is 36.6 Å². The van der Waals surface area contributed by atoms with Gasteiger partial charge in [-0.1, -0.05) is 25.2 Å². The average molecular weight is 374 g/mol. The van der Waals surface area contributed by atoms with Gasteiger partial charge in [0.2, 0.25) is 0 Å². The van der Waals surface area contributed by atoms with E-state index in [4.69, 9.17) is 4.74 Å². The number of aliphatic hydroxyl groups is 1. The third kappa shape index (κ3) is 5.40. The van der Waals surface area contributed by atoms with Gasteiger partial charge < -0.3 is 9.84 Å². The number of carbonyl (C=O) groups is 1. The molecule has 1 aromatic rings. The quantitative estimate of drug-likeness (QED) is 0.502. The highest BCUT2D eigenvalue weighted by molar-refractivity contribution is 7.89. The molecular formula is C16H26N2O6S. The van der Waals surface area contributed by atoms with E-state index in [1.54, 1.807) is 20.8 Å². The third-order valence-electron chi connectivity index (χ3n) is 3.64. The second-order valence-corrected chi connectivity index (χ2v) is 7.77. The molecule has 0 bridgehead atoms. The maximum Gasteiger partial charge on any atom is 0.264 e. The van der Waals surface area contributed by atoms with Crippen molar-refractivity contribution in [3.8, 4) is 5.75 Å². The van der Waals surface area contributed by atoms with Crippen molar-refractivity contribution < 1.29 is 28.3 Å². The van der Waals surface area contributed by atoms with Crippen LogP contribution in [0.25, 0.3) is 0 Å². The van der Waals surface area contributed by atoms with E-state index in [0.717, 1.165) is 0 Å². The van der Waals surface area contributed by atoms with E-state index in [1.807, 2.05) is 0 Å². The number of hydrogen-bond acceptors (Lipinski definition) is 6. The number of hydrazine groups is 1. The molecule has 0 saturated heterocycles. The zero-order chi connectivity index (χ0) is 19.2. The summed E-state index contributed by atoms with van der Waals surface area (Å²) < 4.78 is 31.1. The fourth-order valence-electron chi connectivity index (χ4n) is 2.00. The zero-order valence-corrected chi connectivity index (χ0v) is 15.7. The van der Waals surface area contributed by atoms with Crippen molar-refractivity contribution >= 4 is 15.9 Å². The molecule has 0 spiro atoms. The van der Waals surface area contributed by atoms with Gasteiger partial charge in [0.1, 0.15) is 5.75 Å². The molecule has 0 fully saturated rings. The number of sulfonamides is 1. The standard InChI is InChI=1S/C16H26N2O6S/c1-5-10-17(18(21)16(20)11-15(19)12(2)3)25(22,23)14-8-6-13(24-4)7-9-14/h6-9,12,15,19,21H,5,10-11H2,1-4H3. The lowest BCUT2D eigenvalue weighted by Crippen LogP contribution is -2.49. The van der Waals surface area contributed by atoms with Crippen LogP contribution in [-0.4, -0.2) is 54.0 Å². The van der Waals surface area contributed by atoms with Crippen molar-refractivity contribution in [2.75, 3.05) is 13.7 Å². The molecule has 0 radical (unpaired) electrons. The summed E-state index contributed by atoms with van der Waals surface area (Å²) in [4.78, 5) is 12.1. The minimum absolute atomic E-state index is 0.0780. The molecule has 0 saturated carbocycles. The Hall–Kier alpha value is -1.68. The van der Waals surface area contributed by atoms with Crippen molar-refractivity contribution in [1.82, 2.24) is 9.59 Å². The molecule has 0 heterocycles. The number of ether oxygens (including phenoxy) is 1. The minimum atomic E-state index is -4.14. The fourth-order valence-corrected chi connectivity index (χ4v) is 3.44. The van der Waals surface area contributed by atoms with Crippen molar-refractivity contribution in [1.29, 1.82) is 0 Å². The number of methoxy groups -OCH3 is 1. The third-order valence-corrected chi connectivity index (χ3v) is 5.40. The maximum atomic E-state index is 12.8. The number of aliphatic hydroxyl groups excluding tert-OH is 1. The molecule has 9 heteroatoms. The SMILES string of the molecule is CCCN(N(O)C(=O)CC(O)C(C)C)S(=O)(=O)c1ccc(OC)cc1. The normalized spacial score (nSPS) is 13.1. The molecule has 25 heavy (non-hydrogen) atoms. The lowest BCUT2D eigenvalue weighted by atomic mass is 10.0. The summed E-state index contributed by atoms with van der Waals surface area (Å²) in [5, 5.41) is 20.0. The van der Waals surface area contributed by atoms with Gasteiger partial charge in [0.15, 0.2) is 0 Å². The molecule has 1 rings (SSSR count). The second kappa shape index (κ2) is 9.14. The van der Waals surface area contributed by atoms with Crippen LogP contribution in [0.15, 0.2) is 29.2 Å². The molecular weight excluding hydrogens is 348 g/mol. The van der Waals surface area contributed by atoms with Gasteiger partial charge in [0, 0.05) is 6.54 Å². The maximum absolute atomic E-state index is 12.8. The topological polar surface area (TPSA) is 107 Å². The van der Waals surface area contributed by atoms with E-state index >= 15 is 0 Å². The number of amides is 1. The predicted molar refractivity (Wildman–Crippen MR) is 91.3 cm³/mol. The summed E-state index contributed by atoms with van der Waals surface area (Å²) in [6.45, 7) is 5.07. The number of carbonyl (C=O) groups excluding carboxylic acids is 1. The molecule has 2 N–H and O–H groups in total. The van der Waals surface area contributed by atoms with E-state index in [9.17, 15) is 23.5 Å². The predicted octanol–water partition coefficient (Wildman–Crippen LogP) is 1.64. The van der Waals surface area contributed by atoms with Crippen molar-refractivity contribution in [2.45, 2.75) is 44.6 Å². The summed E-state index contributed by atoms with van der Waals surface area (Å²) in [5.41, 5.74) is 0. The van der Waals surface area contributed by atoms with Crippen LogP contribution in [0.2, 0.25) is 0 Å². The molecule has 142 valence electrons. The number of benzene rings is 1. The summed E-state index contributed by atoms with van der Waals surface area (Å²) in [7, 11) is -2.68. The second-order valence-electron chi connectivity index (χ2n) is 5.93. The first kappa shape index (κ1) is 21.4. The van der Waals surface area contributed by atoms with Crippen molar-refractivity contribution in [2.24, 2.45) is 5.92 Å². The Kier molecular flexibility index (Phi) is 7.81. The molecule has 1 unspecified atom stereocenters. The monoisotopic (exact) mass is 374 g/mol. The van der Waals surface area contributed by atoms with E-state index in [1.165, 1.54) is 31.4 Å². The molecule has 0 aliphatic carbocycles. The van der Waals surface area contributed by atoms with Gasteiger partial charge in [-0.2, -0.15) is 0 Å². The van der Waals surface area contributed by atoms with Crippen LogP contribution < -0.4 is 4.74 Å². The Morgan fingerprint density at radius 3 is 2.24 bits per heavy atom. The summed E-state index contributed by atoms with van der Waals surface area (Å²) in [6.07, 6.45) is -0.979. The smallest absolute Gasteiger partial charge is 0.264 e. The first-order chi connectivity index (χ1) is 11.6. The zero-order valence-electron chi connectivity index (χ0n) is 14.9. The van der Waals surface area contributed by atoms with Crippen LogP contribution in [0, 0.1) is 5.92 Å². The van der Waals surface area contributed by atoms with E-state index in [-0.39, 0.29) is 29.0 Å². The highest BCUT2D eigenvalue weighted by atomic mass is 32.2. The Labute approximate surface area is 148 Å². The molecule has 8 nitrogen and oxygen atoms in total. The van der Waals surface area contributed by atoms with Gasteiger partial charge in [-0.15, -0.1) is 5.17 Å². The molecule has 0 aliphatic rings. The van der Waals surface area contributed by atoms with Crippen LogP contribution in [0.4, 0.5) is 0 Å². The van der Waals surface area contributed by atoms with E-state index in [0.29, 0.717) is 16.6 Å². The highest BCUT2D eigenvalue weighted by Gasteiger charge is 2.33. The van der Waals surface area contributed by atoms with E-state index < -0.39 is 22.0 Å². The van der Waals surface area contributed by atoms with Gasteiger partial charge in [0.05, 0.1) is 24.5 Å². The summed E-state index contributed by atoms with van der Waals surface area (Å²) in [6, 6.07) is 5.61. The Morgan fingerprint density at radius 1 is 1.24 bits per heavy atom. The summed E-state index contributed by atoms with van der Waals surface area (Å²) in [5.74, 6) is -0.611. The van der Waals surface area contributed by atoms with Gasteiger partial charge in [-0.25, -0.2) is 8.42 Å².